The van der Waals surface area contributed by atoms with E-state index >= 15 is 0 Å². The minimum atomic E-state index is -4.68. The third-order valence-electron chi connectivity index (χ3n) is 6.03. The van der Waals surface area contributed by atoms with Crippen LogP contribution in [0.2, 0.25) is 0 Å². The van der Waals surface area contributed by atoms with E-state index in [1.54, 1.807) is 24.3 Å². The summed E-state index contributed by atoms with van der Waals surface area (Å²) in [4.78, 5) is 17.4. The van der Waals surface area contributed by atoms with Gasteiger partial charge in [-0.05, 0) is 37.1 Å². The number of hydrogen-bond acceptors (Lipinski definition) is 7. The smallest absolute Gasteiger partial charge is 0.339 e. The van der Waals surface area contributed by atoms with E-state index in [2.05, 4.69) is 30.9 Å². The maximum atomic E-state index is 13.3. The third-order valence-corrected chi connectivity index (χ3v) is 6.03. The van der Waals surface area contributed by atoms with Gasteiger partial charge in [0.25, 0.3) is 5.91 Å². The summed E-state index contributed by atoms with van der Waals surface area (Å²) < 4.78 is 58.1. The fourth-order valence-electron chi connectivity index (χ4n) is 3.84. The Morgan fingerprint density at radius 2 is 1.95 bits per heavy atom. The number of aryl methyl sites for hydroxylation is 1. The number of pyridine rings is 1. The lowest BCUT2D eigenvalue weighted by molar-refractivity contribution is -0.213. The molecule has 1 aliphatic rings. The Kier molecular flexibility index (Phi) is 5.07. The molecule has 1 amide bonds. The molecule has 1 aliphatic carbocycles. The number of aromatic nitrogens is 7. The van der Waals surface area contributed by atoms with Crippen LogP contribution in [0.15, 0.2) is 53.4 Å². The van der Waals surface area contributed by atoms with E-state index in [0.717, 1.165) is 11.8 Å². The van der Waals surface area contributed by atoms with E-state index < -0.39 is 18.4 Å². The van der Waals surface area contributed by atoms with Crippen molar-refractivity contribution in [3.05, 3.63) is 65.9 Å². The molecular weight excluding hydrogens is 496 g/mol. The average Bonchev–Trinajstić information content (AvgIpc) is 3.32. The van der Waals surface area contributed by atoms with Crippen molar-refractivity contribution in [1.29, 1.82) is 0 Å². The quantitative estimate of drug-likeness (QED) is 0.345. The second-order valence-electron chi connectivity index (χ2n) is 8.62. The Bertz CT molecular complexity index is 1650. The van der Waals surface area contributed by atoms with Crippen molar-refractivity contribution < 1.29 is 26.9 Å². The number of fused-ring (bicyclic) bond motifs is 1. The Hall–Kier alpha value is -4.62. The van der Waals surface area contributed by atoms with Crippen LogP contribution in [0.1, 0.15) is 34.2 Å². The van der Waals surface area contributed by atoms with Gasteiger partial charge in [-0.1, -0.05) is 22.5 Å². The summed E-state index contributed by atoms with van der Waals surface area (Å²) in [7, 11) is 0. The van der Waals surface area contributed by atoms with Crippen LogP contribution in [0.5, 0.6) is 0 Å². The number of carbonyl (C=O) groups excluding carboxylic acids is 1. The summed E-state index contributed by atoms with van der Waals surface area (Å²) in [5, 5.41) is 17.6. The number of anilines is 1. The maximum absolute atomic E-state index is 13.3. The lowest BCUT2D eigenvalue weighted by Gasteiger charge is -2.09. The van der Waals surface area contributed by atoms with E-state index in [1.165, 1.54) is 23.0 Å². The highest BCUT2D eigenvalue weighted by molar-refractivity contribution is 6.09. The van der Waals surface area contributed by atoms with Crippen LogP contribution in [0.3, 0.4) is 0 Å². The number of nitrogens with zero attached hydrogens (tertiary/aromatic N) is 7. The normalized spacial score (nSPS) is 17.3. The van der Waals surface area contributed by atoms with E-state index in [9.17, 15) is 22.4 Å². The first kappa shape index (κ1) is 22.8. The molecule has 1 fully saturated rings. The molecule has 2 atom stereocenters. The number of alkyl halides is 4. The number of hydrogen-bond donors (Lipinski definition) is 1. The van der Waals surface area contributed by atoms with Crippen LogP contribution in [0.4, 0.5) is 23.2 Å². The summed E-state index contributed by atoms with van der Waals surface area (Å²) in [6.07, 6.45) is -1.69. The van der Waals surface area contributed by atoms with Gasteiger partial charge in [-0.25, -0.2) is 8.91 Å². The lowest BCUT2D eigenvalue weighted by atomic mass is 10.1. The van der Waals surface area contributed by atoms with Gasteiger partial charge < -0.3 is 9.84 Å². The van der Waals surface area contributed by atoms with Crippen molar-refractivity contribution in [1.82, 2.24) is 34.7 Å². The first-order chi connectivity index (χ1) is 17.7. The third kappa shape index (κ3) is 4.19. The van der Waals surface area contributed by atoms with Gasteiger partial charge >= 0.3 is 6.30 Å². The molecule has 10 nitrogen and oxygen atoms in total. The zero-order chi connectivity index (χ0) is 25.9. The lowest BCUT2D eigenvalue weighted by Crippen LogP contribution is -2.17. The molecule has 37 heavy (non-hydrogen) atoms. The number of amides is 1. The van der Waals surface area contributed by atoms with Crippen molar-refractivity contribution in [3.8, 4) is 22.6 Å². The second-order valence-corrected chi connectivity index (χ2v) is 8.62. The van der Waals surface area contributed by atoms with Crippen molar-refractivity contribution in [2.24, 2.45) is 0 Å². The molecule has 6 rings (SSSR count). The van der Waals surface area contributed by atoms with Crippen molar-refractivity contribution in [2.75, 3.05) is 5.32 Å². The highest BCUT2D eigenvalue weighted by atomic mass is 19.4. The molecule has 1 aromatic carbocycles. The van der Waals surface area contributed by atoms with Gasteiger partial charge in [0.15, 0.2) is 0 Å². The van der Waals surface area contributed by atoms with E-state index in [4.69, 9.17) is 4.52 Å². The fraction of sp³-hybridized carbons (Fsp3) is 0.217. The van der Waals surface area contributed by atoms with E-state index in [-0.39, 0.29) is 33.6 Å². The van der Waals surface area contributed by atoms with Crippen molar-refractivity contribution in [3.63, 3.8) is 0 Å². The maximum Gasteiger partial charge on any atom is 0.505 e. The van der Waals surface area contributed by atoms with Gasteiger partial charge in [0, 0.05) is 23.0 Å². The molecule has 0 aliphatic heterocycles. The SMILES string of the molecule is Cc1ccc(-c2noc([C@H]3C[C@@H]3F)n2)cc1NC(=O)c1cnn2cc(-c3cn(C(F)(F)F)nn3)ccc12. The number of benzene rings is 1. The zero-order valence-corrected chi connectivity index (χ0v) is 18.9. The Labute approximate surface area is 204 Å². The molecule has 4 aromatic heterocycles. The van der Waals surface area contributed by atoms with Crippen molar-refractivity contribution in [2.45, 2.75) is 31.7 Å². The molecular formula is C23H16F4N8O2. The van der Waals surface area contributed by atoms with Crippen molar-refractivity contribution >= 4 is 17.1 Å². The Morgan fingerprint density at radius 1 is 1.16 bits per heavy atom. The van der Waals surface area contributed by atoms with Crippen LogP contribution in [0, 0.1) is 6.92 Å². The Morgan fingerprint density at radius 3 is 2.68 bits per heavy atom. The molecule has 1 N–H and O–H groups in total. The standard InChI is InChI=1S/C23H16F4N8O2/c1-11-2-3-12(20-30-22(37-32-20)14-7-16(14)24)6-17(11)29-21(36)15-8-28-34-9-13(4-5-19(15)34)18-10-35(33-31-18)23(25,26)27/h2-6,8-10,14,16H,7H2,1H3,(H,29,36)/t14-,16-/m0/s1. The predicted molar refractivity (Wildman–Crippen MR) is 120 cm³/mol. The summed E-state index contributed by atoms with van der Waals surface area (Å²) >= 11 is 0. The Balaban J connectivity index is 1.24. The molecule has 14 heteroatoms. The highest BCUT2D eigenvalue weighted by Crippen LogP contribution is 2.43. The van der Waals surface area contributed by atoms with Crippen LogP contribution in [0.25, 0.3) is 28.2 Å². The molecule has 188 valence electrons. The first-order valence-electron chi connectivity index (χ1n) is 11.0. The summed E-state index contributed by atoms with van der Waals surface area (Å²) in [5.74, 6) is -0.271. The number of rotatable bonds is 5. The zero-order valence-electron chi connectivity index (χ0n) is 18.9. The first-order valence-corrected chi connectivity index (χ1v) is 11.0. The molecule has 4 heterocycles. The molecule has 5 aromatic rings. The van der Waals surface area contributed by atoms with Crippen LogP contribution in [-0.2, 0) is 6.30 Å². The van der Waals surface area contributed by atoms with Gasteiger partial charge in [0.2, 0.25) is 11.7 Å². The average molecular weight is 512 g/mol. The monoisotopic (exact) mass is 512 g/mol. The molecule has 0 unspecified atom stereocenters. The molecule has 1 saturated carbocycles. The molecule has 0 saturated heterocycles. The second kappa shape index (κ2) is 8.21. The van der Waals surface area contributed by atoms with Gasteiger partial charge in [-0.15, -0.1) is 18.3 Å². The topological polar surface area (TPSA) is 116 Å². The van der Waals surface area contributed by atoms with Gasteiger partial charge in [0.05, 0.1) is 29.4 Å². The number of nitrogens with one attached hydrogen (secondary N) is 1. The minimum Gasteiger partial charge on any atom is -0.339 e. The van der Waals surface area contributed by atoms with E-state index in [0.29, 0.717) is 28.8 Å². The predicted octanol–water partition coefficient (Wildman–Crippen LogP) is 4.51. The van der Waals surface area contributed by atoms with Crippen LogP contribution >= 0.6 is 0 Å². The van der Waals surface area contributed by atoms with Gasteiger partial charge in [-0.3, -0.25) is 4.79 Å². The van der Waals surface area contributed by atoms with Crippen LogP contribution in [-0.4, -0.2) is 46.8 Å². The highest BCUT2D eigenvalue weighted by Gasteiger charge is 2.43. The molecule has 0 spiro atoms. The summed E-state index contributed by atoms with van der Waals surface area (Å²) in [5.41, 5.74) is 2.89. The number of halogens is 4. The van der Waals surface area contributed by atoms with E-state index in [1.807, 2.05) is 6.92 Å². The largest absolute Gasteiger partial charge is 0.505 e. The fourth-order valence-corrected chi connectivity index (χ4v) is 3.84. The summed E-state index contributed by atoms with van der Waals surface area (Å²) in [6, 6.07) is 8.33. The van der Waals surface area contributed by atoms with Gasteiger partial charge in [0.1, 0.15) is 11.9 Å². The number of carbonyl (C=O) groups is 1. The van der Waals surface area contributed by atoms with Crippen LogP contribution < -0.4 is 5.32 Å². The summed E-state index contributed by atoms with van der Waals surface area (Å²) in [6.45, 7) is 1.81. The minimum absolute atomic E-state index is 0.00140. The molecule has 0 radical (unpaired) electrons. The molecule has 0 bridgehead atoms. The van der Waals surface area contributed by atoms with Gasteiger partial charge in [-0.2, -0.15) is 14.8 Å².